The summed E-state index contributed by atoms with van der Waals surface area (Å²) in [5, 5.41) is 6.67. The molecule has 0 spiro atoms. The van der Waals surface area contributed by atoms with Crippen molar-refractivity contribution in [2.75, 3.05) is 39.7 Å². The van der Waals surface area contributed by atoms with Crippen LogP contribution in [0.1, 0.15) is 11.1 Å². The van der Waals surface area contributed by atoms with E-state index in [1.807, 2.05) is 38.4 Å². The van der Waals surface area contributed by atoms with Crippen molar-refractivity contribution in [3.05, 3.63) is 59.7 Å². The Bertz CT molecular complexity index is 686. The van der Waals surface area contributed by atoms with Crippen LogP contribution in [0.3, 0.4) is 0 Å². The summed E-state index contributed by atoms with van der Waals surface area (Å²) < 4.78 is 5.37. The topological polar surface area (TPSA) is 48.9 Å². The minimum absolute atomic E-state index is 0. The van der Waals surface area contributed by atoms with E-state index in [0.29, 0.717) is 6.54 Å². The highest BCUT2D eigenvalue weighted by Gasteiger charge is 2.03. The molecule has 0 radical (unpaired) electrons. The van der Waals surface area contributed by atoms with Gasteiger partial charge in [-0.2, -0.15) is 0 Å². The second-order valence-corrected chi connectivity index (χ2v) is 5.98. The molecule has 2 aromatic rings. The van der Waals surface area contributed by atoms with Crippen LogP contribution >= 0.6 is 24.0 Å². The summed E-state index contributed by atoms with van der Waals surface area (Å²) in [6.45, 7) is 1.49. The van der Waals surface area contributed by atoms with E-state index in [0.717, 1.165) is 30.2 Å². The first-order chi connectivity index (χ1) is 12.1. The van der Waals surface area contributed by atoms with Gasteiger partial charge in [0, 0.05) is 45.5 Å². The minimum atomic E-state index is 0. The number of anilines is 1. The third-order valence-corrected chi connectivity index (χ3v) is 4.02. The number of halogens is 1. The molecule has 26 heavy (non-hydrogen) atoms. The highest BCUT2D eigenvalue weighted by molar-refractivity contribution is 14.0. The van der Waals surface area contributed by atoms with Crippen LogP contribution in [0.2, 0.25) is 0 Å². The number of guanidine groups is 1. The standard InChI is InChI=1S/C20H28N4O.HI/c1-21-20(23-15-17-7-5-6-8-19(17)25-4)22-14-13-16-9-11-18(12-10-16)24(2)3;/h5-12H,13-15H2,1-4H3,(H2,21,22,23);1H. The fourth-order valence-corrected chi connectivity index (χ4v) is 2.53. The molecule has 0 aliphatic rings. The van der Waals surface area contributed by atoms with Gasteiger partial charge in [-0.05, 0) is 30.2 Å². The molecule has 0 bridgehead atoms. The van der Waals surface area contributed by atoms with Gasteiger partial charge in [0.25, 0.3) is 0 Å². The zero-order valence-corrected chi connectivity index (χ0v) is 18.3. The number of ether oxygens (including phenoxy) is 1. The molecular weight excluding hydrogens is 439 g/mol. The van der Waals surface area contributed by atoms with E-state index < -0.39 is 0 Å². The van der Waals surface area contributed by atoms with Crippen LogP contribution in [0.5, 0.6) is 5.75 Å². The van der Waals surface area contributed by atoms with E-state index in [4.69, 9.17) is 4.74 Å². The monoisotopic (exact) mass is 468 g/mol. The normalized spacial score (nSPS) is 10.7. The maximum absolute atomic E-state index is 5.37. The van der Waals surface area contributed by atoms with E-state index in [1.54, 1.807) is 14.2 Å². The summed E-state index contributed by atoms with van der Waals surface area (Å²) >= 11 is 0. The van der Waals surface area contributed by atoms with Gasteiger partial charge in [0.05, 0.1) is 7.11 Å². The lowest BCUT2D eigenvalue weighted by atomic mass is 10.1. The van der Waals surface area contributed by atoms with Crippen molar-refractivity contribution in [1.29, 1.82) is 0 Å². The predicted molar refractivity (Wildman–Crippen MR) is 121 cm³/mol. The van der Waals surface area contributed by atoms with Crippen LogP contribution in [-0.2, 0) is 13.0 Å². The van der Waals surface area contributed by atoms with Crippen molar-refractivity contribution in [2.45, 2.75) is 13.0 Å². The second-order valence-electron chi connectivity index (χ2n) is 5.98. The summed E-state index contributed by atoms with van der Waals surface area (Å²) in [4.78, 5) is 6.38. The summed E-state index contributed by atoms with van der Waals surface area (Å²) in [7, 11) is 7.57. The van der Waals surface area contributed by atoms with E-state index in [9.17, 15) is 0 Å². The molecule has 0 saturated carbocycles. The van der Waals surface area contributed by atoms with E-state index in [-0.39, 0.29) is 24.0 Å². The zero-order valence-electron chi connectivity index (χ0n) is 16.0. The van der Waals surface area contributed by atoms with Gasteiger partial charge in [0.15, 0.2) is 5.96 Å². The molecule has 0 aliphatic heterocycles. The predicted octanol–water partition coefficient (Wildman–Crippen LogP) is 3.29. The maximum Gasteiger partial charge on any atom is 0.191 e. The lowest BCUT2D eigenvalue weighted by Gasteiger charge is -2.14. The Hall–Kier alpha value is -1.96. The molecular formula is C20H29IN4O. The Labute approximate surface area is 173 Å². The quantitative estimate of drug-likeness (QED) is 0.372. The van der Waals surface area contributed by atoms with E-state index >= 15 is 0 Å². The largest absolute Gasteiger partial charge is 0.496 e. The average molecular weight is 468 g/mol. The molecule has 2 aromatic carbocycles. The first kappa shape index (κ1) is 22.1. The van der Waals surface area contributed by atoms with Crippen LogP contribution in [0.15, 0.2) is 53.5 Å². The lowest BCUT2D eigenvalue weighted by Crippen LogP contribution is -2.37. The Morgan fingerprint density at radius 2 is 1.73 bits per heavy atom. The van der Waals surface area contributed by atoms with Crippen LogP contribution in [0, 0.1) is 0 Å². The Balaban J connectivity index is 0.00000338. The molecule has 0 aromatic heterocycles. The van der Waals surface area contributed by atoms with Crippen molar-refractivity contribution in [2.24, 2.45) is 4.99 Å². The summed E-state index contributed by atoms with van der Waals surface area (Å²) in [6.07, 6.45) is 0.947. The van der Waals surface area contributed by atoms with Gasteiger partial charge >= 0.3 is 0 Å². The molecule has 0 aliphatic carbocycles. The minimum Gasteiger partial charge on any atom is -0.496 e. The van der Waals surface area contributed by atoms with Gasteiger partial charge in [0.1, 0.15) is 5.75 Å². The smallest absolute Gasteiger partial charge is 0.191 e. The number of nitrogens with zero attached hydrogens (tertiary/aromatic N) is 2. The van der Waals surface area contributed by atoms with Gasteiger partial charge in [-0.1, -0.05) is 30.3 Å². The Kier molecular flexibility index (Phi) is 9.87. The molecule has 2 rings (SSSR count). The number of nitrogens with one attached hydrogen (secondary N) is 2. The van der Waals surface area contributed by atoms with Crippen molar-refractivity contribution >= 4 is 35.6 Å². The van der Waals surface area contributed by atoms with Gasteiger partial charge in [-0.3, -0.25) is 4.99 Å². The van der Waals surface area contributed by atoms with Gasteiger partial charge < -0.3 is 20.3 Å². The molecule has 0 amide bonds. The molecule has 2 N–H and O–H groups in total. The Morgan fingerprint density at radius 1 is 1.04 bits per heavy atom. The molecule has 5 nitrogen and oxygen atoms in total. The molecule has 6 heteroatoms. The second kappa shape index (κ2) is 11.6. The molecule has 0 unspecified atom stereocenters. The van der Waals surface area contributed by atoms with Gasteiger partial charge in [-0.15, -0.1) is 24.0 Å². The van der Waals surface area contributed by atoms with E-state index in [1.165, 1.54) is 11.3 Å². The maximum atomic E-state index is 5.37. The zero-order chi connectivity index (χ0) is 18.1. The van der Waals surface area contributed by atoms with Crippen LogP contribution in [0.25, 0.3) is 0 Å². The lowest BCUT2D eigenvalue weighted by molar-refractivity contribution is 0.409. The fourth-order valence-electron chi connectivity index (χ4n) is 2.53. The number of hydrogen-bond acceptors (Lipinski definition) is 3. The van der Waals surface area contributed by atoms with Crippen molar-refractivity contribution in [3.63, 3.8) is 0 Å². The van der Waals surface area contributed by atoms with Crippen LogP contribution in [-0.4, -0.2) is 40.8 Å². The number of methoxy groups -OCH3 is 1. The number of rotatable bonds is 7. The van der Waals surface area contributed by atoms with E-state index in [2.05, 4.69) is 44.8 Å². The van der Waals surface area contributed by atoms with Crippen LogP contribution in [0.4, 0.5) is 5.69 Å². The van der Waals surface area contributed by atoms with Crippen molar-refractivity contribution < 1.29 is 4.74 Å². The third kappa shape index (κ3) is 6.74. The van der Waals surface area contributed by atoms with Crippen molar-refractivity contribution in [1.82, 2.24) is 10.6 Å². The highest BCUT2D eigenvalue weighted by atomic mass is 127. The first-order valence-electron chi connectivity index (χ1n) is 8.46. The fraction of sp³-hybridized carbons (Fsp3) is 0.350. The number of para-hydroxylation sites is 1. The molecule has 0 heterocycles. The van der Waals surface area contributed by atoms with Crippen LogP contribution < -0.4 is 20.3 Å². The number of aliphatic imine (C=N–C) groups is 1. The molecule has 142 valence electrons. The highest BCUT2D eigenvalue weighted by Crippen LogP contribution is 2.16. The van der Waals surface area contributed by atoms with Gasteiger partial charge in [-0.25, -0.2) is 0 Å². The van der Waals surface area contributed by atoms with Gasteiger partial charge in [0.2, 0.25) is 0 Å². The summed E-state index contributed by atoms with van der Waals surface area (Å²) in [5.74, 6) is 1.67. The summed E-state index contributed by atoms with van der Waals surface area (Å²) in [6, 6.07) is 16.6. The number of benzene rings is 2. The average Bonchev–Trinajstić information content (AvgIpc) is 2.65. The number of hydrogen-bond donors (Lipinski definition) is 2. The Morgan fingerprint density at radius 3 is 2.35 bits per heavy atom. The molecule has 0 saturated heterocycles. The third-order valence-electron chi connectivity index (χ3n) is 4.02. The SMILES string of the molecule is CN=C(NCCc1ccc(N(C)C)cc1)NCc1ccccc1OC.I. The summed E-state index contributed by atoms with van der Waals surface area (Å²) in [5.41, 5.74) is 3.62. The first-order valence-corrected chi connectivity index (χ1v) is 8.46. The van der Waals surface area contributed by atoms with Crippen molar-refractivity contribution in [3.8, 4) is 5.75 Å². The molecule has 0 atom stereocenters. The molecule has 0 fully saturated rings.